The van der Waals surface area contributed by atoms with Crippen LogP contribution in [0, 0.1) is 11.6 Å². The molecule has 0 spiro atoms. The number of halogens is 3. The van der Waals surface area contributed by atoms with Gasteiger partial charge in [-0.05, 0) is 36.2 Å². The molecule has 3 nitrogen and oxygen atoms in total. The normalized spacial score (nSPS) is 10.2. The highest BCUT2D eigenvalue weighted by atomic mass is 79.9. The van der Waals surface area contributed by atoms with Crippen molar-refractivity contribution in [2.75, 3.05) is 11.9 Å². The quantitative estimate of drug-likeness (QED) is 0.852. The predicted molar refractivity (Wildman–Crippen MR) is 81.2 cm³/mol. The highest BCUT2D eigenvalue weighted by molar-refractivity contribution is 9.10. The van der Waals surface area contributed by atoms with Crippen LogP contribution in [0.1, 0.15) is 5.56 Å². The number of nitrogens with one attached hydrogen (secondary N) is 2. The summed E-state index contributed by atoms with van der Waals surface area (Å²) in [6.07, 6.45) is 0.625. The Kier molecular flexibility index (Phi) is 5.27. The van der Waals surface area contributed by atoms with Gasteiger partial charge in [0.15, 0.2) is 0 Å². The number of benzene rings is 2. The predicted octanol–water partition coefficient (Wildman–Crippen LogP) is 4.09. The van der Waals surface area contributed by atoms with Crippen molar-refractivity contribution >= 4 is 27.6 Å². The van der Waals surface area contributed by atoms with E-state index in [1.165, 1.54) is 6.07 Å². The van der Waals surface area contributed by atoms with Gasteiger partial charge < -0.3 is 10.6 Å². The zero-order chi connectivity index (χ0) is 15.2. The lowest BCUT2D eigenvalue weighted by atomic mass is 10.1. The smallest absolute Gasteiger partial charge is 0.319 e. The zero-order valence-corrected chi connectivity index (χ0v) is 12.6. The Hall–Kier alpha value is -1.95. The molecule has 0 atom stereocenters. The van der Waals surface area contributed by atoms with Crippen LogP contribution >= 0.6 is 15.9 Å². The Morgan fingerprint density at radius 2 is 1.67 bits per heavy atom. The first-order valence-electron chi connectivity index (χ1n) is 6.29. The summed E-state index contributed by atoms with van der Waals surface area (Å²) in [7, 11) is 0. The molecule has 0 unspecified atom stereocenters. The summed E-state index contributed by atoms with van der Waals surface area (Å²) in [6, 6.07) is 10.4. The topological polar surface area (TPSA) is 41.1 Å². The molecular formula is C15H13BrF2N2O. The molecule has 2 aromatic carbocycles. The minimum atomic E-state index is -0.807. The molecule has 0 aromatic heterocycles. The average molecular weight is 355 g/mol. The summed E-state index contributed by atoms with van der Waals surface area (Å²) in [4.78, 5) is 11.6. The zero-order valence-electron chi connectivity index (χ0n) is 11.0. The highest BCUT2D eigenvalue weighted by Crippen LogP contribution is 2.17. The van der Waals surface area contributed by atoms with E-state index in [1.54, 1.807) is 0 Å². The fraction of sp³-hybridized carbons (Fsp3) is 0.133. The molecule has 0 aliphatic carbocycles. The van der Waals surface area contributed by atoms with E-state index < -0.39 is 23.4 Å². The van der Waals surface area contributed by atoms with Gasteiger partial charge >= 0.3 is 6.03 Å². The lowest BCUT2D eigenvalue weighted by Gasteiger charge is -2.09. The van der Waals surface area contributed by atoms with E-state index in [0.29, 0.717) is 13.0 Å². The van der Waals surface area contributed by atoms with Crippen molar-refractivity contribution in [2.45, 2.75) is 6.42 Å². The van der Waals surface area contributed by atoms with Gasteiger partial charge in [0.2, 0.25) is 0 Å². The number of anilines is 1. The molecule has 0 radical (unpaired) electrons. The molecule has 0 bridgehead atoms. The lowest BCUT2D eigenvalue weighted by Crippen LogP contribution is -2.31. The second-order valence-electron chi connectivity index (χ2n) is 4.35. The number of hydrogen-bond acceptors (Lipinski definition) is 1. The van der Waals surface area contributed by atoms with Crippen LogP contribution in [-0.4, -0.2) is 12.6 Å². The molecule has 2 rings (SSSR count). The summed E-state index contributed by atoms with van der Waals surface area (Å²) in [5.74, 6) is -1.61. The van der Waals surface area contributed by atoms with E-state index in [1.807, 2.05) is 24.3 Å². The number of amides is 2. The van der Waals surface area contributed by atoms with Crippen molar-refractivity contribution in [3.05, 3.63) is 64.1 Å². The van der Waals surface area contributed by atoms with E-state index in [2.05, 4.69) is 26.6 Å². The number of carbonyl (C=O) groups is 1. The molecule has 0 aliphatic heterocycles. The Morgan fingerprint density at radius 3 is 2.29 bits per heavy atom. The molecule has 2 aromatic rings. The van der Waals surface area contributed by atoms with Crippen LogP contribution in [0.4, 0.5) is 19.3 Å². The van der Waals surface area contributed by atoms with Crippen LogP contribution < -0.4 is 10.6 Å². The van der Waals surface area contributed by atoms with Crippen LogP contribution in [0.15, 0.2) is 46.9 Å². The third-order valence-corrected chi connectivity index (χ3v) is 3.34. The maximum Gasteiger partial charge on any atom is 0.319 e. The van der Waals surface area contributed by atoms with Crippen molar-refractivity contribution in [1.29, 1.82) is 0 Å². The van der Waals surface area contributed by atoms with Crippen LogP contribution in [0.2, 0.25) is 0 Å². The molecule has 0 fully saturated rings. The number of hydrogen-bond donors (Lipinski definition) is 2. The molecule has 0 saturated heterocycles. The fourth-order valence-corrected chi connectivity index (χ4v) is 2.01. The van der Waals surface area contributed by atoms with Crippen molar-refractivity contribution in [3.63, 3.8) is 0 Å². The van der Waals surface area contributed by atoms with Crippen LogP contribution in [0.3, 0.4) is 0 Å². The second-order valence-corrected chi connectivity index (χ2v) is 5.27. The van der Waals surface area contributed by atoms with Crippen LogP contribution in [-0.2, 0) is 6.42 Å². The summed E-state index contributed by atoms with van der Waals surface area (Å²) in [5.41, 5.74) is 0.606. The molecule has 110 valence electrons. The van der Waals surface area contributed by atoms with Crippen molar-refractivity contribution < 1.29 is 13.6 Å². The molecular weight excluding hydrogens is 342 g/mol. The Morgan fingerprint density at radius 1 is 1.05 bits per heavy atom. The molecule has 0 saturated carbocycles. The van der Waals surface area contributed by atoms with Gasteiger partial charge in [-0.15, -0.1) is 0 Å². The molecule has 21 heavy (non-hydrogen) atoms. The maximum atomic E-state index is 13.3. The number of para-hydroxylation sites is 1. The van der Waals surface area contributed by atoms with Gasteiger partial charge in [0.05, 0.1) is 0 Å². The van der Waals surface area contributed by atoms with Crippen molar-refractivity contribution in [3.8, 4) is 0 Å². The van der Waals surface area contributed by atoms with E-state index in [-0.39, 0.29) is 0 Å². The number of rotatable bonds is 4. The van der Waals surface area contributed by atoms with Gasteiger partial charge in [-0.25, -0.2) is 13.6 Å². The average Bonchev–Trinajstić information content (AvgIpc) is 2.45. The van der Waals surface area contributed by atoms with E-state index >= 15 is 0 Å². The Balaban J connectivity index is 1.84. The molecule has 0 aliphatic rings. The molecule has 2 amide bonds. The lowest BCUT2D eigenvalue weighted by molar-refractivity contribution is 0.252. The Labute approximate surface area is 129 Å². The van der Waals surface area contributed by atoms with Gasteiger partial charge in [-0.3, -0.25) is 0 Å². The third-order valence-electron chi connectivity index (χ3n) is 2.81. The SMILES string of the molecule is O=C(NCCc1ccc(Br)cc1)Nc1c(F)cccc1F. The minimum absolute atomic E-state index is 0.365. The molecule has 2 N–H and O–H groups in total. The summed E-state index contributed by atoms with van der Waals surface area (Å²) >= 11 is 3.34. The van der Waals surface area contributed by atoms with Crippen molar-refractivity contribution in [1.82, 2.24) is 5.32 Å². The standard InChI is InChI=1S/C15H13BrF2N2O/c16-11-6-4-10(5-7-11)8-9-19-15(21)20-14-12(17)2-1-3-13(14)18/h1-7H,8-9H2,(H2,19,20,21). The number of carbonyl (C=O) groups excluding carboxylic acids is 1. The first-order valence-corrected chi connectivity index (χ1v) is 7.09. The van der Waals surface area contributed by atoms with Gasteiger partial charge in [-0.2, -0.15) is 0 Å². The number of urea groups is 1. The summed E-state index contributed by atoms with van der Waals surface area (Å²) in [6.45, 7) is 0.365. The van der Waals surface area contributed by atoms with E-state index in [9.17, 15) is 13.6 Å². The third kappa shape index (κ3) is 4.53. The first-order chi connectivity index (χ1) is 10.1. The van der Waals surface area contributed by atoms with Gasteiger partial charge in [-0.1, -0.05) is 34.1 Å². The van der Waals surface area contributed by atoms with Crippen LogP contribution in [0.5, 0.6) is 0 Å². The minimum Gasteiger partial charge on any atom is -0.338 e. The fourth-order valence-electron chi connectivity index (χ4n) is 1.75. The second kappa shape index (κ2) is 7.17. The summed E-state index contributed by atoms with van der Waals surface area (Å²) in [5, 5.41) is 4.72. The van der Waals surface area contributed by atoms with E-state index in [0.717, 1.165) is 22.2 Å². The first kappa shape index (κ1) is 15.4. The molecule has 6 heteroatoms. The maximum absolute atomic E-state index is 13.3. The molecule has 0 heterocycles. The highest BCUT2D eigenvalue weighted by Gasteiger charge is 2.11. The monoisotopic (exact) mass is 354 g/mol. The van der Waals surface area contributed by atoms with Gasteiger partial charge in [0, 0.05) is 11.0 Å². The van der Waals surface area contributed by atoms with Gasteiger partial charge in [0.25, 0.3) is 0 Å². The largest absolute Gasteiger partial charge is 0.338 e. The van der Waals surface area contributed by atoms with Crippen LogP contribution in [0.25, 0.3) is 0 Å². The summed E-state index contributed by atoms with van der Waals surface area (Å²) < 4.78 is 27.7. The van der Waals surface area contributed by atoms with Gasteiger partial charge in [0.1, 0.15) is 17.3 Å². The Bertz CT molecular complexity index is 612. The van der Waals surface area contributed by atoms with E-state index in [4.69, 9.17) is 0 Å². The van der Waals surface area contributed by atoms with Crippen molar-refractivity contribution in [2.24, 2.45) is 0 Å².